The van der Waals surface area contributed by atoms with E-state index < -0.39 is 17.9 Å². The summed E-state index contributed by atoms with van der Waals surface area (Å²) in [5.41, 5.74) is 10.7. The second kappa shape index (κ2) is 7.19. The molecule has 0 atom stereocenters. The van der Waals surface area contributed by atoms with E-state index in [9.17, 15) is 14.4 Å². The molecule has 3 amide bonds. The van der Waals surface area contributed by atoms with Crippen LogP contribution >= 0.6 is 0 Å². The lowest BCUT2D eigenvalue weighted by Gasteiger charge is -2.05. The van der Waals surface area contributed by atoms with Crippen LogP contribution in [0.5, 0.6) is 0 Å². The molecule has 1 aromatic heterocycles. The number of rotatable bonds is 6. The van der Waals surface area contributed by atoms with Gasteiger partial charge in [-0.05, 0) is 6.92 Å². The number of carbonyl (C=O) groups excluding carboxylic acids is 3. The Morgan fingerprint density at radius 2 is 2.10 bits per heavy atom. The predicted octanol–water partition coefficient (Wildman–Crippen LogP) is -1.50. The second-order valence-electron chi connectivity index (χ2n) is 3.69. The lowest BCUT2D eigenvalue weighted by molar-refractivity contribution is -0.120. The van der Waals surface area contributed by atoms with Gasteiger partial charge < -0.3 is 16.2 Å². The molecule has 0 unspecified atom stereocenters. The van der Waals surface area contributed by atoms with E-state index in [0.29, 0.717) is 5.69 Å². The number of aryl methyl sites for hydroxylation is 1. The van der Waals surface area contributed by atoms with Crippen molar-refractivity contribution in [2.45, 2.75) is 26.4 Å². The summed E-state index contributed by atoms with van der Waals surface area (Å²) >= 11 is 0. The van der Waals surface area contributed by atoms with Crippen LogP contribution in [0.4, 0.5) is 4.79 Å². The van der Waals surface area contributed by atoms with E-state index in [2.05, 4.69) is 10.3 Å². The summed E-state index contributed by atoms with van der Waals surface area (Å²) in [7, 11) is 0. The van der Waals surface area contributed by atoms with E-state index in [4.69, 9.17) is 16.2 Å². The minimum absolute atomic E-state index is 0.0125. The highest BCUT2D eigenvalue weighted by molar-refractivity contribution is 5.93. The molecule has 110 valence electrons. The molecule has 0 aliphatic carbocycles. The number of nitrogens with zero attached hydrogens (tertiary/aromatic N) is 3. The lowest BCUT2D eigenvalue weighted by Crippen LogP contribution is -2.35. The molecule has 1 aromatic rings. The summed E-state index contributed by atoms with van der Waals surface area (Å²) in [6, 6.07) is -0.931. The zero-order valence-corrected chi connectivity index (χ0v) is 11.0. The van der Waals surface area contributed by atoms with Crippen LogP contribution in [0.15, 0.2) is 0 Å². The summed E-state index contributed by atoms with van der Waals surface area (Å²) in [5, 5.41) is 9.33. The molecule has 0 radical (unpaired) electrons. The number of imide groups is 1. The molecular weight excluding hydrogens is 268 g/mol. The number of hydrogen-bond donors (Lipinski definition) is 3. The third-order valence-corrected chi connectivity index (χ3v) is 2.31. The highest BCUT2D eigenvalue weighted by Gasteiger charge is 2.20. The first kappa shape index (κ1) is 15.6. The fourth-order valence-electron chi connectivity index (χ4n) is 1.48. The van der Waals surface area contributed by atoms with Gasteiger partial charge in [0.2, 0.25) is 5.91 Å². The summed E-state index contributed by atoms with van der Waals surface area (Å²) in [4.78, 5) is 33.3. The number of esters is 1. The Bertz CT molecular complexity index is 512. The van der Waals surface area contributed by atoms with E-state index >= 15 is 0 Å². The normalized spacial score (nSPS) is 10.1. The fraction of sp³-hybridized carbons (Fsp3) is 0.500. The van der Waals surface area contributed by atoms with Crippen molar-refractivity contribution >= 4 is 17.9 Å². The molecule has 20 heavy (non-hydrogen) atoms. The van der Waals surface area contributed by atoms with E-state index in [1.54, 1.807) is 6.92 Å². The van der Waals surface area contributed by atoms with Gasteiger partial charge in [-0.15, -0.1) is 5.10 Å². The Hall–Kier alpha value is -2.49. The van der Waals surface area contributed by atoms with Crippen molar-refractivity contribution in [1.82, 2.24) is 20.3 Å². The van der Waals surface area contributed by atoms with Crippen LogP contribution in [0.3, 0.4) is 0 Å². The van der Waals surface area contributed by atoms with Crippen molar-refractivity contribution in [3.8, 4) is 0 Å². The molecule has 0 bridgehead atoms. The Morgan fingerprint density at radius 3 is 2.65 bits per heavy atom. The maximum absolute atomic E-state index is 11.6. The van der Waals surface area contributed by atoms with Gasteiger partial charge in [0.1, 0.15) is 0 Å². The van der Waals surface area contributed by atoms with Crippen LogP contribution in [0.2, 0.25) is 0 Å². The highest BCUT2D eigenvalue weighted by Crippen LogP contribution is 2.07. The predicted molar refractivity (Wildman–Crippen MR) is 66.2 cm³/mol. The molecule has 0 aliphatic rings. The van der Waals surface area contributed by atoms with Crippen LogP contribution in [0.1, 0.15) is 29.5 Å². The van der Waals surface area contributed by atoms with Crippen molar-refractivity contribution in [3.05, 3.63) is 11.4 Å². The number of hydrogen-bond acceptors (Lipinski definition) is 7. The van der Waals surface area contributed by atoms with E-state index in [1.165, 1.54) is 4.68 Å². The molecule has 10 heteroatoms. The summed E-state index contributed by atoms with van der Waals surface area (Å²) < 4.78 is 6.12. The number of ether oxygens (including phenoxy) is 1. The third-order valence-electron chi connectivity index (χ3n) is 2.31. The maximum atomic E-state index is 11.6. The van der Waals surface area contributed by atoms with Gasteiger partial charge in [0.05, 0.1) is 18.8 Å². The molecule has 5 N–H and O–H groups in total. The van der Waals surface area contributed by atoms with Crippen molar-refractivity contribution in [2.24, 2.45) is 11.5 Å². The number of amides is 3. The average molecular weight is 284 g/mol. The number of urea groups is 1. The van der Waals surface area contributed by atoms with Crippen molar-refractivity contribution < 1.29 is 19.1 Å². The minimum atomic E-state index is -0.931. The summed E-state index contributed by atoms with van der Waals surface area (Å²) in [5.74, 6) is -1.19. The molecule has 0 saturated heterocycles. The van der Waals surface area contributed by atoms with Crippen molar-refractivity contribution in [1.29, 1.82) is 0 Å². The van der Waals surface area contributed by atoms with Crippen LogP contribution < -0.4 is 16.8 Å². The third kappa shape index (κ3) is 4.02. The van der Waals surface area contributed by atoms with Gasteiger partial charge in [-0.1, -0.05) is 5.21 Å². The first-order valence-corrected chi connectivity index (χ1v) is 5.88. The largest absolute Gasteiger partial charge is 0.461 e. The lowest BCUT2D eigenvalue weighted by atomic mass is 10.3. The van der Waals surface area contributed by atoms with Crippen LogP contribution in [0, 0.1) is 0 Å². The quantitative estimate of drug-likeness (QED) is 0.536. The molecule has 1 rings (SSSR count). The number of aromatic nitrogens is 3. The standard InChI is InChI=1S/C10H16N6O4/c1-2-20-9(18)8-6(5-11)16(15-14-8)4-3-7(17)13-10(12)19/h2-5,11H2,1H3,(H3,12,13,17,19). The molecule has 0 spiro atoms. The topological polar surface area (TPSA) is 155 Å². The van der Waals surface area contributed by atoms with Gasteiger partial charge in [0.25, 0.3) is 0 Å². The highest BCUT2D eigenvalue weighted by atomic mass is 16.5. The molecule has 0 saturated carbocycles. The van der Waals surface area contributed by atoms with E-state index in [-0.39, 0.29) is 31.8 Å². The van der Waals surface area contributed by atoms with Gasteiger partial charge in [-0.25, -0.2) is 14.3 Å². The van der Waals surface area contributed by atoms with Gasteiger partial charge in [-0.2, -0.15) is 0 Å². The fourth-order valence-corrected chi connectivity index (χ4v) is 1.48. The van der Waals surface area contributed by atoms with Crippen LogP contribution in [-0.4, -0.2) is 39.5 Å². The van der Waals surface area contributed by atoms with Crippen LogP contribution in [0.25, 0.3) is 0 Å². The average Bonchev–Trinajstić information content (AvgIpc) is 2.78. The molecular formula is C10H16N6O4. The van der Waals surface area contributed by atoms with E-state index in [0.717, 1.165) is 0 Å². The Balaban J connectivity index is 2.74. The smallest absolute Gasteiger partial charge is 0.360 e. The van der Waals surface area contributed by atoms with Crippen molar-refractivity contribution in [3.63, 3.8) is 0 Å². The summed E-state index contributed by atoms with van der Waals surface area (Å²) in [6.45, 7) is 1.99. The number of carbonyl (C=O) groups is 3. The van der Waals surface area contributed by atoms with Crippen molar-refractivity contribution in [2.75, 3.05) is 6.61 Å². The Labute approximate surface area is 114 Å². The molecule has 0 aliphatic heterocycles. The molecule has 0 aromatic carbocycles. The van der Waals surface area contributed by atoms with Gasteiger partial charge in [0, 0.05) is 13.0 Å². The summed E-state index contributed by atoms with van der Waals surface area (Å²) in [6.07, 6.45) is -0.0540. The Morgan fingerprint density at radius 1 is 1.40 bits per heavy atom. The first-order valence-electron chi connectivity index (χ1n) is 5.88. The van der Waals surface area contributed by atoms with Gasteiger partial charge in [-0.3, -0.25) is 10.1 Å². The zero-order valence-electron chi connectivity index (χ0n) is 11.0. The van der Waals surface area contributed by atoms with Gasteiger partial charge >= 0.3 is 12.0 Å². The molecule has 1 heterocycles. The van der Waals surface area contributed by atoms with Crippen LogP contribution in [-0.2, 0) is 22.6 Å². The maximum Gasteiger partial charge on any atom is 0.360 e. The SMILES string of the molecule is CCOC(=O)c1nnn(CCC(=O)NC(N)=O)c1CN. The number of nitrogens with two attached hydrogens (primary N) is 2. The number of primary amides is 1. The number of nitrogens with one attached hydrogen (secondary N) is 1. The monoisotopic (exact) mass is 284 g/mol. The van der Waals surface area contributed by atoms with E-state index in [1.807, 2.05) is 5.32 Å². The molecule has 10 nitrogen and oxygen atoms in total. The minimum Gasteiger partial charge on any atom is -0.461 e. The second-order valence-corrected chi connectivity index (χ2v) is 3.69. The first-order chi connectivity index (χ1) is 9.49. The Kier molecular flexibility index (Phi) is 5.59. The zero-order chi connectivity index (χ0) is 15.1. The van der Waals surface area contributed by atoms with Gasteiger partial charge in [0.15, 0.2) is 5.69 Å². The molecule has 0 fully saturated rings.